The van der Waals surface area contributed by atoms with Crippen LogP contribution in [0.1, 0.15) is 18.9 Å². The molecule has 19 heavy (non-hydrogen) atoms. The summed E-state index contributed by atoms with van der Waals surface area (Å²) in [5.74, 6) is -1.42. The number of carbonyl (C=O) groups excluding carboxylic acids is 2. The minimum absolute atomic E-state index is 0.205. The highest BCUT2D eigenvalue weighted by molar-refractivity contribution is 6.34. The minimum Gasteiger partial charge on any atom is -0.460 e. The van der Waals surface area contributed by atoms with Gasteiger partial charge in [0.15, 0.2) is 0 Å². The van der Waals surface area contributed by atoms with Crippen molar-refractivity contribution < 1.29 is 14.3 Å². The average Bonchev–Trinajstić information content (AvgIpc) is 2.43. The summed E-state index contributed by atoms with van der Waals surface area (Å²) in [5, 5.41) is 3.48. The Bertz CT molecular complexity index is 457. The molecule has 0 saturated carbocycles. The first-order valence-corrected chi connectivity index (χ1v) is 5.96. The van der Waals surface area contributed by atoms with Gasteiger partial charge in [-0.3, -0.25) is 4.79 Å². The van der Waals surface area contributed by atoms with Gasteiger partial charge in [-0.15, -0.1) is 5.10 Å². The van der Waals surface area contributed by atoms with Crippen LogP contribution >= 0.6 is 0 Å². The van der Waals surface area contributed by atoms with E-state index in [1.54, 1.807) is 6.92 Å². The van der Waals surface area contributed by atoms with Crippen LogP contribution in [0, 0.1) is 0 Å². The van der Waals surface area contributed by atoms with Crippen LogP contribution in [0.3, 0.4) is 0 Å². The molecule has 6 nitrogen and oxygen atoms in total. The number of benzene rings is 1. The number of ether oxygens (including phenoxy) is 1. The molecule has 3 N–H and O–H groups in total. The molecule has 1 amide bonds. The SMILES string of the molecule is CCOC(=O)C(N)=NNC(=O)CCc1ccccc1. The number of amidine groups is 1. The zero-order valence-electron chi connectivity index (χ0n) is 10.8. The van der Waals surface area contributed by atoms with E-state index in [0.717, 1.165) is 5.56 Å². The number of amides is 1. The number of rotatable bonds is 5. The van der Waals surface area contributed by atoms with Gasteiger partial charge in [0, 0.05) is 6.42 Å². The predicted octanol–water partition coefficient (Wildman–Crippen LogP) is 0.571. The van der Waals surface area contributed by atoms with Gasteiger partial charge in [0.1, 0.15) is 0 Å². The van der Waals surface area contributed by atoms with Crippen LogP contribution < -0.4 is 11.2 Å². The molecule has 0 aromatic heterocycles. The van der Waals surface area contributed by atoms with Crippen molar-refractivity contribution in [2.45, 2.75) is 19.8 Å². The first kappa shape index (κ1) is 14.7. The minimum atomic E-state index is -0.745. The molecule has 0 bridgehead atoms. The van der Waals surface area contributed by atoms with Crippen LogP contribution in [0.2, 0.25) is 0 Å². The fourth-order valence-electron chi connectivity index (χ4n) is 1.33. The van der Waals surface area contributed by atoms with Crippen LogP contribution in [-0.2, 0) is 20.7 Å². The molecule has 1 aromatic carbocycles. The van der Waals surface area contributed by atoms with E-state index in [9.17, 15) is 9.59 Å². The number of nitrogens with two attached hydrogens (primary N) is 1. The predicted molar refractivity (Wildman–Crippen MR) is 71.2 cm³/mol. The van der Waals surface area contributed by atoms with Crippen molar-refractivity contribution in [3.63, 3.8) is 0 Å². The summed E-state index contributed by atoms with van der Waals surface area (Å²) in [6.07, 6.45) is 0.866. The molecular weight excluding hydrogens is 246 g/mol. The molecule has 0 aliphatic heterocycles. The lowest BCUT2D eigenvalue weighted by atomic mass is 10.1. The number of hydrogen-bond donors (Lipinski definition) is 2. The van der Waals surface area contributed by atoms with Gasteiger partial charge in [-0.05, 0) is 18.9 Å². The number of hydrogen-bond acceptors (Lipinski definition) is 4. The Morgan fingerprint density at radius 1 is 1.32 bits per heavy atom. The molecule has 0 aliphatic rings. The van der Waals surface area contributed by atoms with Gasteiger partial charge in [0.05, 0.1) is 6.61 Å². The Hall–Kier alpha value is -2.37. The van der Waals surface area contributed by atoms with Gasteiger partial charge in [0.25, 0.3) is 0 Å². The molecule has 0 radical (unpaired) electrons. The molecule has 0 aliphatic carbocycles. The van der Waals surface area contributed by atoms with Crippen LogP contribution in [0.15, 0.2) is 35.4 Å². The largest absolute Gasteiger partial charge is 0.460 e. The van der Waals surface area contributed by atoms with Crippen molar-refractivity contribution in [2.24, 2.45) is 10.8 Å². The third-order valence-electron chi connectivity index (χ3n) is 2.27. The second-order valence-corrected chi connectivity index (χ2v) is 3.74. The molecule has 0 atom stereocenters. The number of esters is 1. The summed E-state index contributed by atoms with van der Waals surface area (Å²) in [5.41, 5.74) is 8.59. The monoisotopic (exact) mass is 263 g/mol. The maximum Gasteiger partial charge on any atom is 0.375 e. The molecule has 1 rings (SSSR count). The van der Waals surface area contributed by atoms with Gasteiger partial charge in [-0.25, -0.2) is 10.2 Å². The quantitative estimate of drug-likeness (QED) is 0.351. The lowest BCUT2D eigenvalue weighted by molar-refractivity contribution is -0.135. The molecule has 0 unspecified atom stereocenters. The first-order valence-electron chi connectivity index (χ1n) is 5.96. The topological polar surface area (TPSA) is 93.8 Å². The summed E-state index contributed by atoms with van der Waals surface area (Å²) in [7, 11) is 0. The number of aryl methyl sites for hydroxylation is 1. The summed E-state index contributed by atoms with van der Waals surface area (Å²) in [6, 6.07) is 9.59. The van der Waals surface area contributed by atoms with E-state index in [1.165, 1.54) is 0 Å². The van der Waals surface area contributed by atoms with Gasteiger partial charge < -0.3 is 10.5 Å². The van der Waals surface area contributed by atoms with E-state index < -0.39 is 5.97 Å². The van der Waals surface area contributed by atoms with Gasteiger partial charge in [0.2, 0.25) is 11.7 Å². The summed E-state index contributed by atoms with van der Waals surface area (Å²) < 4.78 is 4.62. The van der Waals surface area contributed by atoms with Gasteiger partial charge >= 0.3 is 5.97 Å². The van der Waals surface area contributed by atoms with Crippen LogP contribution in [0.5, 0.6) is 0 Å². The molecule has 0 fully saturated rings. The van der Waals surface area contributed by atoms with Crippen molar-refractivity contribution in [3.05, 3.63) is 35.9 Å². The normalized spacial score (nSPS) is 10.9. The van der Waals surface area contributed by atoms with E-state index in [1.807, 2.05) is 30.3 Å². The molecule has 0 spiro atoms. The van der Waals surface area contributed by atoms with Crippen molar-refractivity contribution >= 4 is 17.7 Å². The highest BCUT2D eigenvalue weighted by Gasteiger charge is 2.08. The maximum atomic E-state index is 11.5. The van der Waals surface area contributed by atoms with Crippen molar-refractivity contribution in [2.75, 3.05) is 6.61 Å². The van der Waals surface area contributed by atoms with E-state index in [0.29, 0.717) is 6.42 Å². The number of nitrogens with one attached hydrogen (secondary N) is 1. The second kappa shape index (κ2) is 7.86. The number of nitrogens with zero attached hydrogens (tertiary/aromatic N) is 1. The summed E-state index contributed by atoms with van der Waals surface area (Å²) >= 11 is 0. The fraction of sp³-hybridized carbons (Fsp3) is 0.308. The van der Waals surface area contributed by atoms with Crippen LogP contribution in [0.4, 0.5) is 0 Å². The molecular formula is C13H17N3O3. The van der Waals surface area contributed by atoms with E-state index >= 15 is 0 Å². The lowest BCUT2D eigenvalue weighted by Crippen LogP contribution is -2.30. The third-order valence-corrected chi connectivity index (χ3v) is 2.27. The Morgan fingerprint density at radius 2 is 2.00 bits per heavy atom. The third kappa shape index (κ3) is 5.67. The molecule has 102 valence electrons. The van der Waals surface area contributed by atoms with E-state index in [-0.39, 0.29) is 24.8 Å². The lowest BCUT2D eigenvalue weighted by Gasteiger charge is -2.02. The first-order chi connectivity index (χ1) is 9.13. The highest BCUT2D eigenvalue weighted by Crippen LogP contribution is 2.01. The highest BCUT2D eigenvalue weighted by atomic mass is 16.5. The summed E-state index contributed by atoms with van der Waals surface area (Å²) in [6.45, 7) is 1.86. The molecule has 0 heterocycles. The summed E-state index contributed by atoms with van der Waals surface area (Å²) in [4.78, 5) is 22.6. The molecule has 1 aromatic rings. The molecule has 0 saturated heterocycles. The standard InChI is InChI=1S/C13H17N3O3/c1-2-19-13(18)12(14)16-15-11(17)9-8-10-6-4-3-5-7-10/h3-7H,2,8-9H2,1H3,(H2,14,16)(H,15,17). The van der Waals surface area contributed by atoms with Gasteiger partial charge in [-0.2, -0.15) is 0 Å². The second-order valence-electron chi connectivity index (χ2n) is 3.74. The van der Waals surface area contributed by atoms with Crippen molar-refractivity contribution in [3.8, 4) is 0 Å². The number of hydrazone groups is 1. The smallest absolute Gasteiger partial charge is 0.375 e. The van der Waals surface area contributed by atoms with E-state index in [4.69, 9.17) is 5.73 Å². The Labute approximate surface area is 111 Å². The van der Waals surface area contributed by atoms with Gasteiger partial charge in [-0.1, -0.05) is 30.3 Å². The maximum absolute atomic E-state index is 11.5. The molecule has 6 heteroatoms. The zero-order chi connectivity index (χ0) is 14.1. The van der Waals surface area contributed by atoms with Crippen molar-refractivity contribution in [1.29, 1.82) is 0 Å². The zero-order valence-corrected chi connectivity index (χ0v) is 10.8. The van der Waals surface area contributed by atoms with Crippen molar-refractivity contribution in [1.82, 2.24) is 5.43 Å². The fourth-order valence-corrected chi connectivity index (χ4v) is 1.33. The Kier molecular flexibility index (Phi) is 6.08. The number of carbonyl (C=O) groups is 2. The van der Waals surface area contributed by atoms with Crippen LogP contribution in [0.25, 0.3) is 0 Å². The average molecular weight is 263 g/mol. The Morgan fingerprint density at radius 3 is 2.63 bits per heavy atom. The van der Waals surface area contributed by atoms with E-state index in [2.05, 4.69) is 15.3 Å². The van der Waals surface area contributed by atoms with Crippen LogP contribution in [-0.4, -0.2) is 24.3 Å². The Balaban J connectivity index is 2.35.